The van der Waals surface area contributed by atoms with Crippen molar-refractivity contribution in [3.8, 4) is 0 Å². The topological polar surface area (TPSA) is 79.0 Å². The summed E-state index contributed by atoms with van der Waals surface area (Å²) >= 11 is 11.2. The number of H-pyrrole nitrogens is 1. The van der Waals surface area contributed by atoms with Crippen molar-refractivity contribution in [3.05, 3.63) is 56.7 Å². The molecule has 0 bridgehead atoms. The number of hydrogen-bond donors (Lipinski definition) is 2. The van der Waals surface area contributed by atoms with E-state index in [4.69, 9.17) is 23.2 Å². The molecular formula is C11H7Cl2FN2O3S. The number of pyridine rings is 1. The van der Waals surface area contributed by atoms with Crippen molar-refractivity contribution < 1.29 is 12.8 Å². The van der Waals surface area contributed by atoms with Crippen LogP contribution in [0.1, 0.15) is 0 Å². The zero-order valence-corrected chi connectivity index (χ0v) is 12.0. The second kappa shape index (κ2) is 5.43. The second-order valence-corrected chi connectivity index (χ2v) is 6.30. The molecule has 0 amide bonds. The Hall–Kier alpha value is -1.57. The maximum absolute atomic E-state index is 13.1. The van der Waals surface area contributed by atoms with Crippen molar-refractivity contribution in [2.75, 3.05) is 4.72 Å². The summed E-state index contributed by atoms with van der Waals surface area (Å²) in [6.07, 6.45) is 0.984. The van der Waals surface area contributed by atoms with E-state index in [-0.39, 0.29) is 20.6 Å². The van der Waals surface area contributed by atoms with Gasteiger partial charge in [0, 0.05) is 11.2 Å². The molecule has 0 aliphatic heterocycles. The van der Waals surface area contributed by atoms with Crippen molar-refractivity contribution in [1.29, 1.82) is 0 Å². The van der Waals surface area contributed by atoms with Gasteiger partial charge in [0.25, 0.3) is 15.6 Å². The zero-order chi connectivity index (χ0) is 14.9. The normalized spacial score (nSPS) is 11.3. The molecule has 0 atom stereocenters. The second-order valence-electron chi connectivity index (χ2n) is 3.78. The van der Waals surface area contributed by atoms with E-state index in [0.717, 1.165) is 24.4 Å². The number of hydrogen-bond acceptors (Lipinski definition) is 3. The van der Waals surface area contributed by atoms with Gasteiger partial charge in [-0.05, 0) is 24.3 Å². The molecule has 1 aromatic heterocycles. The fraction of sp³-hybridized carbons (Fsp3) is 0. The largest absolute Gasteiger partial charge is 0.326 e. The lowest BCUT2D eigenvalue weighted by atomic mass is 10.3. The van der Waals surface area contributed by atoms with Gasteiger partial charge in [-0.2, -0.15) is 0 Å². The molecule has 9 heteroatoms. The van der Waals surface area contributed by atoms with Gasteiger partial charge in [0.2, 0.25) is 0 Å². The standard InChI is InChI=1S/C11H7Cl2FN2O3S/c12-6-1-7(14)3-8(2-6)16-20(18,19)9-4-10(13)11(17)15-5-9/h1-5,16H,(H,15,17). The first-order chi connectivity index (χ1) is 9.28. The number of nitrogens with one attached hydrogen (secondary N) is 2. The Bertz CT molecular complexity index is 800. The van der Waals surface area contributed by atoms with Gasteiger partial charge in [0.05, 0.1) is 5.69 Å². The highest BCUT2D eigenvalue weighted by Crippen LogP contribution is 2.21. The summed E-state index contributed by atoms with van der Waals surface area (Å²) in [5.41, 5.74) is -0.656. The first-order valence-electron chi connectivity index (χ1n) is 5.15. The van der Waals surface area contributed by atoms with Crippen molar-refractivity contribution >= 4 is 38.9 Å². The number of benzene rings is 1. The molecule has 0 fully saturated rings. The zero-order valence-electron chi connectivity index (χ0n) is 9.65. The maximum Gasteiger partial charge on any atom is 0.266 e. The van der Waals surface area contributed by atoms with Crippen LogP contribution in [0.15, 0.2) is 40.2 Å². The lowest BCUT2D eigenvalue weighted by Gasteiger charge is -2.08. The Morgan fingerprint density at radius 3 is 2.45 bits per heavy atom. The Labute approximate surface area is 123 Å². The molecule has 0 spiro atoms. The minimum atomic E-state index is -4.02. The van der Waals surface area contributed by atoms with Crippen LogP contribution in [0, 0.1) is 5.82 Å². The van der Waals surface area contributed by atoms with Crippen LogP contribution in [-0.2, 0) is 10.0 Å². The van der Waals surface area contributed by atoms with E-state index >= 15 is 0 Å². The fourth-order valence-electron chi connectivity index (χ4n) is 1.42. The van der Waals surface area contributed by atoms with Gasteiger partial charge in [0.1, 0.15) is 15.7 Å². The fourth-order valence-corrected chi connectivity index (χ4v) is 2.91. The van der Waals surface area contributed by atoms with Crippen LogP contribution in [0.3, 0.4) is 0 Å². The summed E-state index contributed by atoms with van der Waals surface area (Å²) in [7, 11) is -4.02. The van der Waals surface area contributed by atoms with E-state index in [0.29, 0.717) is 0 Å². The smallest absolute Gasteiger partial charge is 0.266 e. The van der Waals surface area contributed by atoms with E-state index in [1.165, 1.54) is 6.07 Å². The molecule has 0 radical (unpaired) electrons. The van der Waals surface area contributed by atoms with Gasteiger partial charge in [-0.15, -0.1) is 0 Å². The van der Waals surface area contributed by atoms with Gasteiger partial charge < -0.3 is 4.98 Å². The van der Waals surface area contributed by atoms with Crippen LogP contribution in [-0.4, -0.2) is 13.4 Å². The van der Waals surface area contributed by atoms with Gasteiger partial charge in [0.15, 0.2) is 0 Å². The third-order valence-corrected chi connectivity index (χ3v) is 4.12. The summed E-state index contributed by atoms with van der Waals surface area (Å²) in [5.74, 6) is -0.685. The molecule has 0 saturated carbocycles. The van der Waals surface area contributed by atoms with Crippen molar-refractivity contribution in [1.82, 2.24) is 4.98 Å². The lowest BCUT2D eigenvalue weighted by molar-refractivity contribution is 0.600. The summed E-state index contributed by atoms with van der Waals surface area (Å²) in [6, 6.07) is 4.24. The molecule has 1 heterocycles. The predicted octanol–water partition coefficient (Wildman–Crippen LogP) is 2.62. The molecule has 0 unspecified atom stereocenters. The highest BCUT2D eigenvalue weighted by Gasteiger charge is 2.16. The Balaban J connectivity index is 2.40. The predicted molar refractivity (Wildman–Crippen MR) is 74.3 cm³/mol. The summed E-state index contributed by atoms with van der Waals surface area (Å²) in [6.45, 7) is 0. The number of halogens is 3. The molecule has 0 aliphatic carbocycles. The first kappa shape index (κ1) is 14.8. The van der Waals surface area contributed by atoms with Gasteiger partial charge in [-0.1, -0.05) is 23.2 Å². The first-order valence-corrected chi connectivity index (χ1v) is 7.39. The minimum absolute atomic E-state index is 0.0437. The molecule has 20 heavy (non-hydrogen) atoms. The quantitative estimate of drug-likeness (QED) is 0.904. The summed E-state index contributed by atoms with van der Waals surface area (Å²) in [5, 5.41) is -0.229. The molecular weight excluding hydrogens is 330 g/mol. The number of rotatable bonds is 3. The third kappa shape index (κ3) is 3.30. The van der Waals surface area contributed by atoms with Crippen LogP contribution < -0.4 is 10.3 Å². The molecule has 1 aromatic carbocycles. The molecule has 2 rings (SSSR count). The molecule has 0 aliphatic rings. The minimum Gasteiger partial charge on any atom is -0.326 e. The molecule has 5 nitrogen and oxygen atoms in total. The number of anilines is 1. The van der Waals surface area contributed by atoms with E-state index in [9.17, 15) is 17.6 Å². The number of aromatic amines is 1. The monoisotopic (exact) mass is 336 g/mol. The van der Waals surface area contributed by atoms with Crippen molar-refractivity contribution in [2.24, 2.45) is 0 Å². The average molecular weight is 337 g/mol. The lowest BCUT2D eigenvalue weighted by Crippen LogP contribution is -2.16. The van der Waals surface area contributed by atoms with E-state index in [1.807, 2.05) is 0 Å². The molecule has 106 valence electrons. The summed E-state index contributed by atoms with van der Waals surface area (Å²) < 4.78 is 39.3. The highest BCUT2D eigenvalue weighted by molar-refractivity contribution is 7.92. The molecule has 2 N–H and O–H groups in total. The van der Waals surface area contributed by atoms with Crippen LogP contribution in [0.4, 0.5) is 10.1 Å². The highest BCUT2D eigenvalue weighted by atomic mass is 35.5. The third-order valence-electron chi connectivity index (χ3n) is 2.26. The van der Waals surface area contributed by atoms with Crippen LogP contribution >= 0.6 is 23.2 Å². The van der Waals surface area contributed by atoms with Crippen molar-refractivity contribution in [2.45, 2.75) is 4.90 Å². The van der Waals surface area contributed by atoms with E-state index in [1.54, 1.807) is 0 Å². The number of aromatic nitrogens is 1. The number of sulfonamides is 1. The van der Waals surface area contributed by atoms with Crippen LogP contribution in [0.5, 0.6) is 0 Å². The summed E-state index contributed by atoms with van der Waals surface area (Å²) in [4.78, 5) is 13.0. The van der Waals surface area contributed by atoms with Gasteiger partial charge in [-0.25, -0.2) is 12.8 Å². The molecule has 2 aromatic rings. The van der Waals surface area contributed by atoms with Gasteiger partial charge >= 0.3 is 0 Å². The Kier molecular flexibility index (Phi) is 4.03. The molecule has 0 saturated heterocycles. The Morgan fingerprint density at radius 1 is 1.15 bits per heavy atom. The average Bonchev–Trinajstić information content (AvgIpc) is 2.30. The van der Waals surface area contributed by atoms with Crippen LogP contribution in [0.25, 0.3) is 0 Å². The van der Waals surface area contributed by atoms with Gasteiger partial charge in [-0.3, -0.25) is 9.52 Å². The van der Waals surface area contributed by atoms with E-state index < -0.39 is 21.4 Å². The van der Waals surface area contributed by atoms with Crippen LogP contribution in [0.2, 0.25) is 10.0 Å². The van der Waals surface area contributed by atoms with Crippen molar-refractivity contribution in [3.63, 3.8) is 0 Å². The Morgan fingerprint density at radius 2 is 1.85 bits per heavy atom. The van der Waals surface area contributed by atoms with E-state index in [2.05, 4.69) is 9.71 Å². The maximum atomic E-state index is 13.1. The SMILES string of the molecule is O=c1[nH]cc(S(=O)(=O)Nc2cc(F)cc(Cl)c2)cc1Cl.